The Kier molecular flexibility index (Phi) is 6.63. The number of unbranched alkanes of at least 4 members (excludes halogenated alkanes) is 1. The van der Waals surface area contributed by atoms with E-state index in [1.807, 2.05) is 0 Å². The Hall–Kier alpha value is -0.650. The highest BCUT2D eigenvalue weighted by Gasteiger charge is 2.61. The van der Waals surface area contributed by atoms with E-state index in [-0.39, 0.29) is 19.5 Å². The first-order valence-electron chi connectivity index (χ1n) is 13.7. The van der Waals surface area contributed by atoms with Gasteiger partial charge in [-0.3, -0.25) is 4.79 Å². The maximum Gasteiger partial charge on any atom is 0.220 e. The highest BCUT2D eigenvalue weighted by atomic mass is 16.5. The molecule has 0 aromatic rings. The summed E-state index contributed by atoms with van der Waals surface area (Å²) in [5.74, 6) is 3.53. The first-order chi connectivity index (χ1) is 15.4. The summed E-state index contributed by atoms with van der Waals surface area (Å²) in [5, 5.41) is 18.0. The molecule has 0 spiro atoms. The molecule has 5 heteroatoms. The molecule has 2 heterocycles. The summed E-state index contributed by atoms with van der Waals surface area (Å²) in [6.07, 6.45) is 12.5. The number of hydrogen-bond acceptors (Lipinski definition) is 4. The van der Waals surface area contributed by atoms with Crippen molar-refractivity contribution in [3.63, 3.8) is 0 Å². The number of nitrogens with one attached hydrogen (secondary N) is 2. The number of carbonyl (C=O) groups excluding carboxylic acids is 1. The molecule has 5 fully saturated rings. The SMILES string of the molecule is CC12CCC3C(C(O)CC4CNCCC43C)C1CCC2CCCCC(=O)NC1CCOC1.[HH]. The molecule has 2 saturated heterocycles. The van der Waals surface area contributed by atoms with Crippen LogP contribution in [0.3, 0.4) is 0 Å². The van der Waals surface area contributed by atoms with E-state index in [1.54, 1.807) is 0 Å². The van der Waals surface area contributed by atoms with Gasteiger partial charge in [-0.15, -0.1) is 0 Å². The average molecular weight is 449 g/mol. The Bertz CT molecular complexity index is 686. The number of fused-ring (bicyclic) bond motifs is 5. The second-order valence-electron chi connectivity index (χ2n) is 12.4. The van der Waals surface area contributed by atoms with E-state index in [0.717, 1.165) is 51.3 Å². The van der Waals surface area contributed by atoms with Gasteiger partial charge in [-0.05, 0) is 111 Å². The summed E-state index contributed by atoms with van der Waals surface area (Å²) in [5.41, 5.74) is 0.813. The lowest BCUT2D eigenvalue weighted by molar-refractivity contribution is -0.159. The van der Waals surface area contributed by atoms with Crippen molar-refractivity contribution < 1.29 is 16.1 Å². The maximum atomic E-state index is 12.2. The monoisotopic (exact) mass is 448 g/mol. The van der Waals surface area contributed by atoms with E-state index in [4.69, 9.17) is 4.74 Å². The molecule has 5 nitrogen and oxygen atoms in total. The molecule has 32 heavy (non-hydrogen) atoms. The number of aliphatic hydroxyl groups excluding tert-OH is 1. The van der Waals surface area contributed by atoms with E-state index < -0.39 is 0 Å². The Morgan fingerprint density at radius 1 is 1.12 bits per heavy atom. The minimum absolute atomic E-state index is 0. The van der Waals surface area contributed by atoms with Crippen molar-refractivity contribution in [3.05, 3.63) is 0 Å². The molecule has 1 amide bonds. The zero-order valence-electron chi connectivity index (χ0n) is 20.4. The Labute approximate surface area is 196 Å². The normalized spacial score (nSPS) is 48.0. The summed E-state index contributed by atoms with van der Waals surface area (Å²) >= 11 is 0. The molecule has 9 atom stereocenters. The molecule has 0 aromatic carbocycles. The average Bonchev–Trinajstić information content (AvgIpc) is 3.39. The van der Waals surface area contributed by atoms with Gasteiger partial charge in [0.1, 0.15) is 0 Å². The zero-order valence-corrected chi connectivity index (χ0v) is 20.4. The molecule has 5 aliphatic rings. The van der Waals surface area contributed by atoms with E-state index in [0.29, 0.717) is 47.5 Å². The Morgan fingerprint density at radius 3 is 2.78 bits per heavy atom. The van der Waals surface area contributed by atoms with Crippen molar-refractivity contribution in [2.24, 2.45) is 40.4 Å². The van der Waals surface area contributed by atoms with Crippen LogP contribution >= 0.6 is 0 Å². The number of amides is 1. The van der Waals surface area contributed by atoms with Crippen LogP contribution in [0.4, 0.5) is 0 Å². The van der Waals surface area contributed by atoms with Crippen molar-refractivity contribution in [1.29, 1.82) is 0 Å². The van der Waals surface area contributed by atoms with Gasteiger partial charge in [0, 0.05) is 14.5 Å². The molecular formula is C27H48N2O3. The number of aliphatic hydroxyl groups is 1. The summed E-state index contributed by atoms with van der Waals surface area (Å²) in [6, 6.07) is 0.232. The third-order valence-corrected chi connectivity index (χ3v) is 11.0. The van der Waals surface area contributed by atoms with Gasteiger partial charge in [-0.2, -0.15) is 0 Å². The second-order valence-corrected chi connectivity index (χ2v) is 12.4. The number of piperidine rings is 1. The van der Waals surface area contributed by atoms with Crippen LogP contribution in [0.15, 0.2) is 0 Å². The highest BCUT2D eigenvalue weighted by molar-refractivity contribution is 5.76. The van der Waals surface area contributed by atoms with Crippen LogP contribution in [0.5, 0.6) is 0 Å². The van der Waals surface area contributed by atoms with E-state index in [9.17, 15) is 9.90 Å². The van der Waals surface area contributed by atoms with Crippen LogP contribution in [0, 0.1) is 40.4 Å². The summed E-state index contributed by atoms with van der Waals surface area (Å²) in [6.45, 7) is 8.82. The summed E-state index contributed by atoms with van der Waals surface area (Å²) in [7, 11) is 0. The van der Waals surface area contributed by atoms with Gasteiger partial charge in [0.15, 0.2) is 0 Å². The molecular weight excluding hydrogens is 400 g/mol. The van der Waals surface area contributed by atoms with Crippen molar-refractivity contribution >= 4 is 5.91 Å². The predicted octanol–water partition coefficient (Wildman–Crippen LogP) is 4.14. The lowest BCUT2D eigenvalue weighted by Crippen LogP contribution is -2.60. The second kappa shape index (κ2) is 9.19. The number of rotatable bonds is 6. The number of carbonyl (C=O) groups is 1. The predicted molar refractivity (Wildman–Crippen MR) is 128 cm³/mol. The van der Waals surface area contributed by atoms with Gasteiger partial charge in [-0.1, -0.05) is 20.3 Å². The highest BCUT2D eigenvalue weighted by Crippen LogP contribution is 2.66. The standard InChI is InChI=1S/C27H46N2O3.H2/c1-26-11-9-22-25(23(30)15-19-16-28-13-12-27(19,22)2)21(26)8-7-18(26)5-3-4-6-24(31)29-20-10-14-32-17-20;/h18-23,25,28,30H,3-17H2,1-2H3,(H,29,31);1H. The first-order valence-corrected chi connectivity index (χ1v) is 13.7. The fourth-order valence-corrected chi connectivity index (χ4v) is 9.07. The van der Waals surface area contributed by atoms with Crippen LogP contribution < -0.4 is 10.6 Å². The van der Waals surface area contributed by atoms with Crippen LogP contribution in [-0.2, 0) is 9.53 Å². The third-order valence-electron chi connectivity index (χ3n) is 11.0. The van der Waals surface area contributed by atoms with E-state index in [2.05, 4.69) is 24.5 Å². The maximum absolute atomic E-state index is 12.2. The van der Waals surface area contributed by atoms with Crippen LogP contribution in [-0.4, -0.2) is 49.5 Å². The fraction of sp³-hybridized carbons (Fsp3) is 0.963. The van der Waals surface area contributed by atoms with Crippen molar-refractivity contribution in [1.82, 2.24) is 10.6 Å². The van der Waals surface area contributed by atoms with Crippen molar-refractivity contribution in [2.75, 3.05) is 26.3 Å². The summed E-state index contributed by atoms with van der Waals surface area (Å²) in [4.78, 5) is 12.2. The van der Waals surface area contributed by atoms with E-state index >= 15 is 0 Å². The molecule has 9 unspecified atom stereocenters. The van der Waals surface area contributed by atoms with Gasteiger partial charge in [0.25, 0.3) is 0 Å². The Morgan fingerprint density at radius 2 is 1.97 bits per heavy atom. The molecule has 2 aliphatic heterocycles. The molecule has 3 saturated carbocycles. The number of ether oxygens (including phenoxy) is 1. The van der Waals surface area contributed by atoms with Crippen LogP contribution in [0.1, 0.15) is 85.9 Å². The van der Waals surface area contributed by atoms with Gasteiger partial charge >= 0.3 is 0 Å². The topological polar surface area (TPSA) is 70.6 Å². The minimum Gasteiger partial charge on any atom is -0.393 e. The van der Waals surface area contributed by atoms with Gasteiger partial charge in [0.2, 0.25) is 5.91 Å². The van der Waals surface area contributed by atoms with Crippen molar-refractivity contribution in [2.45, 2.75) is 96.6 Å². The van der Waals surface area contributed by atoms with E-state index in [1.165, 1.54) is 38.5 Å². The lowest BCUT2D eigenvalue weighted by Gasteiger charge is -2.62. The molecule has 3 N–H and O–H groups in total. The molecule has 3 aliphatic carbocycles. The molecule has 184 valence electrons. The van der Waals surface area contributed by atoms with Gasteiger partial charge in [-0.25, -0.2) is 0 Å². The zero-order chi connectivity index (χ0) is 22.3. The number of hydrogen-bond donors (Lipinski definition) is 3. The van der Waals surface area contributed by atoms with Gasteiger partial charge in [0.05, 0.1) is 18.8 Å². The molecule has 0 bridgehead atoms. The Balaban J connectivity index is 0.00000259. The quantitative estimate of drug-likeness (QED) is 0.534. The molecule has 0 aromatic heterocycles. The smallest absolute Gasteiger partial charge is 0.220 e. The lowest BCUT2D eigenvalue weighted by atomic mass is 9.45. The largest absolute Gasteiger partial charge is 0.393 e. The fourth-order valence-electron chi connectivity index (χ4n) is 9.07. The molecule has 0 radical (unpaired) electrons. The third kappa shape index (κ3) is 4.05. The van der Waals surface area contributed by atoms with Crippen LogP contribution in [0.25, 0.3) is 0 Å². The van der Waals surface area contributed by atoms with Gasteiger partial charge < -0.3 is 20.5 Å². The first kappa shape index (κ1) is 23.1. The summed E-state index contributed by atoms with van der Waals surface area (Å²) < 4.78 is 5.36. The van der Waals surface area contributed by atoms with Crippen molar-refractivity contribution in [3.8, 4) is 0 Å². The van der Waals surface area contributed by atoms with Crippen LogP contribution in [0.2, 0.25) is 0 Å². The molecule has 5 rings (SSSR count). The minimum atomic E-state index is -0.107.